The molecular weight excluding hydrogens is 428 g/mol. The molecule has 1 unspecified atom stereocenters. The van der Waals surface area contributed by atoms with Gasteiger partial charge >= 0.3 is 0 Å². The minimum absolute atomic E-state index is 0.0258. The lowest BCUT2D eigenvalue weighted by Gasteiger charge is -2.31. The van der Waals surface area contributed by atoms with E-state index in [0.29, 0.717) is 11.6 Å². The average molecular weight is 459 g/mol. The summed E-state index contributed by atoms with van der Waals surface area (Å²) in [7, 11) is 0. The third-order valence-electron chi connectivity index (χ3n) is 5.78. The molecule has 166 valence electrons. The van der Waals surface area contributed by atoms with Crippen molar-refractivity contribution in [3.8, 4) is 0 Å². The second kappa shape index (κ2) is 12.2. The summed E-state index contributed by atoms with van der Waals surface area (Å²) in [5, 5.41) is 3.85. The number of halogens is 1. The van der Waals surface area contributed by atoms with Gasteiger partial charge in [-0.15, -0.1) is 11.8 Å². The lowest BCUT2D eigenvalue weighted by Crippen LogP contribution is -2.51. The number of nitrogens with zero attached hydrogens (tertiary/aromatic N) is 1. The van der Waals surface area contributed by atoms with E-state index < -0.39 is 6.04 Å². The van der Waals surface area contributed by atoms with E-state index in [4.69, 9.17) is 11.6 Å². The lowest BCUT2D eigenvalue weighted by atomic mass is 9.95. The Bertz CT molecular complexity index is 838. The Morgan fingerprint density at radius 2 is 1.74 bits per heavy atom. The molecule has 2 aromatic rings. The van der Waals surface area contributed by atoms with Gasteiger partial charge < -0.3 is 10.2 Å². The third-order valence-corrected chi connectivity index (χ3v) is 7.03. The SMILES string of the molecule is CC(C(=O)NC1CCCCC1)N(CCc1ccccc1)C(=O)CSc1ccc(Cl)cc1. The van der Waals surface area contributed by atoms with Crippen LogP contribution >= 0.6 is 23.4 Å². The summed E-state index contributed by atoms with van der Waals surface area (Å²) < 4.78 is 0. The van der Waals surface area contributed by atoms with Crippen LogP contribution in [0.4, 0.5) is 0 Å². The van der Waals surface area contributed by atoms with E-state index in [9.17, 15) is 9.59 Å². The normalized spacial score (nSPS) is 15.3. The quantitative estimate of drug-likeness (QED) is 0.516. The Balaban J connectivity index is 1.63. The molecule has 0 radical (unpaired) electrons. The first-order chi connectivity index (χ1) is 15.0. The highest BCUT2D eigenvalue weighted by Gasteiger charge is 2.27. The molecule has 1 atom stereocenters. The Kier molecular flexibility index (Phi) is 9.29. The van der Waals surface area contributed by atoms with Crippen LogP contribution in [0, 0.1) is 0 Å². The molecule has 0 bridgehead atoms. The van der Waals surface area contributed by atoms with Crippen LogP contribution in [0.3, 0.4) is 0 Å². The van der Waals surface area contributed by atoms with Gasteiger partial charge in [-0.05, 0) is 56.0 Å². The van der Waals surface area contributed by atoms with E-state index in [2.05, 4.69) is 17.4 Å². The molecule has 2 amide bonds. The maximum absolute atomic E-state index is 13.1. The second-order valence-electron chi connectivity index (χ2n) is 8.08. The summed E-state index contributed by atoms with van der Waals surface area (Å²) in [6.45, 7) is 2.36. The van der Waals surface area contributed by atoms with Crippen molar-refractivity contribution in [3.63, 3.8) is 0 Å². The van der Waals surface area contributed by atoms with E-state index >= 15 is 0 Å². The van der Waals surface area contributed by atoms with Crippen LogP contribution in [0.15, 0.2) is 59.5 Å². The highest BCUT2D eigenvalue weighted by Crippen LogP contribution is 2.22. The maximum Gasteiger partial charge on any atom is 0.242 e. The van der Waals surface area contributed by atoms with Crippen LogP contribution in [0.1, 0.15) is 44.6 Å². The number of nitrogens with one attached hydrogen (secondary N) is 1. The lowest BCUT2D eigenvalue weighted by molar-refractivity contribution is -0.138. The minimum atomic E-state index is -0.496. The molecule has 4 nitrogen and oxygen atoms in total. The zero-order valence-electron chi connectivity index (χ0n) is 18.1. The van der Waals surface area contributed by atoms with Gasteiger partial charge in [-0.25, -0.2) is 0 Å². The number of rotatable bonds is 9. The summed E-state index contributed by atoms with van der Waals surface area (Å²) in [5.74, 6) is 0.212. The van der Waals surface area contributed by atoms with Gasteiger partial charge in [0.25, 0.3) is 0 Å². The van der Waals surface area contributed by atoms with E-state index in [-0.39, 0.29) is 23.6 Å². The van der Waals surface area contributed by atoms with Gasteiger partial charge in [0.15, 0.2) is 0 Å². The van der Waals surface area contributed by atoms with Crippen molar-refractivity contribution in [1.29, 1.82) is 0 Å². The number of hydrogen-bond donors (Lipinski definition) is 1. The van der Waals surface area contributed by atoms with Crippen molar-refractivity contribution in [1.82, 2.24) is 10.2 Å². The predicted octanol–water partition coefficient (Wildman–Crippen LogP) is 5.34. The van der Waals surface area contributed by atoms with E-state index in [0.717, 1.165) is 42.6 Å². The Morgan fingerprint density at radius 1 is 1.06 bits per heavy atom. The van der Waals surface area contributed by atoms with E-state index in [1.54, 1.807) is 4.90 Å². The number of amides is 2. The van der Waals surface area contributed by atoms with Crippen molar-refractivity contribution in [2.45, 2.75) is 62.4 Å². The van der Waals surface area contributed by atoms with Crippen LogP contribution in [0.5, 0.6) is 0 Å². The average Bonchev–Trinajstić information content (AvgIpc) is 2.80. The molecule has 31 heavy (non-hydrogen) atoms. The number of thioether (sulfide) groups is 1. The van der Waals surface area contributed by atoms with Crippen LogP contribution in [0.25, 0.3) is 0 Å². The van der Waals surface area contributed by atoms with Crippen molar-refractivity contribution in [2.75, 3.05) is 12.3 Å². The topological polar surface area (TPSA) is 49.4 Å². The molecule has 0 heterocycles. The van der Waals surface area contributed by atoms with Crippen molar-refractivity contribution in [3.05, 3.63) is 65.2 Å². The molecule has 0 aliphatic heterocycles. The molecule has 2 aromatic carbocycles. The fourth-order valence-electron chi connectivity index (χ4n) is 3.90. The Hall–Kier alpha value is -1.98. The largest absolute Gasteiger partial charge is 0.352 e. The van der Waals surface area contributed by atoms with Gasteiger partial charge in [0, 0.05) is 22.5 Å². The molecule has 0 aromatic heterocycles. The highest BCUT2D eigenvalue weighted by atomic mass is 35.5. The molecule has 0 saturated heterocycles. The van der Waals surface area contributed by atoms with Gasteiger partial charge in [-0.2, -0.15) is 0 Å². The summed E-state index contributed by atoms with van der Waals surface area (Å²) >= 11 is 7.42. The summed E-state index contributed by atoms with van der Waals surface area (Å²) in [5.41, 5.74) is 1.16. The van der Waals surface area contributed by atoms with Crippen LogP contribution in [-0.2, 0) is 16.0 Å². The fourth-order valence-corrected chi connectivity index (χ4v) is 4.81. The molecule has 0 spiro atoms. The smallest absolute Gasteiger partial charge is 0.242 e. The maximum atomic E-state index is 13.1. The third kappa shape index (κ3) is 7.58. The molecule has 1 fully saturated rings. The molecule has 1 saturated carbocycles. The first-order valence-corrected chi connectivity index (χ1v) is 12.4. The zero-order chi connectivity index (χ0) is 22.1. The van der Waals surface area contributed by atoms with Crippen LogP contribution in [0.2, 0.25) is 5.02 Å². The van der Waals surface area contributed by atoms with Gasteiger partial charge in [0.2, 0.25) is 11.8 Å². The number of carbonyl (C=O) groups excluding carboxylic acids is 2. The predicted molar refractivity (Wildman–Crippen MR) is 129 cm³/mol. The van der Waals surface area contributed by atoms with E-state index in [1.807, 2.05) is 49.4 Å². The number of hydrogen-bond acceptors (Lipinski definition) is 3. The van der Waals surface area contributed by atoms with Crippen molar-refractivity contribution >= 4 is 35.2 Å². The molecule has 3 rings (SSSR count). The first kappa shape index (κ1) is 23.7. The summed E-state index contributed by atoms with van der Waals surface area (Å²) in [6.07, 6.45) is 6.35. The van der Waals surface area contributed by atoms with Gasteiger partial charge in [-0.1, -0.05) is 61.2 Å². The molecule has 6 heteroatoms. The van der Waals surface area contributed by atoms with Crippen LogP contribution < -0.4 is 5.32 Å². The highest BCUT2D eigenvalue weighted by molar-refractivity contribution is 8.00. The summed E-state index contributed by atoms with van der Waals surface area (Å²) in [4.78, 5) is 28.8. The first-order valence-electron chi connectivity index (χ1n) is 11.0. The van der Waals surface area contributed by atoms with Crippen LogP contribution in [-0.4, -0.2) is 41.1 Å². The minimum Gasteiger partial charge on any atom is -0.352 e. The molecule has 1 aliphatic carbocycles. The van der Waals surface area contributed by atoms with E-state index in [1.165, 1.54) is 18.2 Å². The molecule has 1 aliphatic rings. The zero-order valence-corrected chi connectivity index (χ0v) is 19.6. The van der Waals surface area contributed by atoms with Gasteiger partial charge in [0.05, 0.1) is 5.75 Å². The summed E-state index contributed by atoms with van der Waals surface area (Å²) in [6, 6.07) is 17.3. The number of benzene rings is 2. The number of carbonyl (C=O) groups is 2. The Morgan fingerprint density at radius 3 is 2.42 bits per heavy atom. The van der Waals surface area contributed by atoms with Crippen molar-refractivity contribution in [2.24, 2.45) is 0 Å². The molecular formula is C25H31ClN2O2S. The van der Waals surface area contributed by atoms with Gasteiger partial charge in [-0.3, -0.25) is 9.59 Å². The monoisotopic (exact) mass is 458 g/mol. The standard InChI is InChI=1S/C25H31ClN2O2S/c1-19(25(30)27-22-10-6-3-7-11-22)28(17-16-20-8-4-2-5-9-20)24(29)18-31-23-14-12-21(26)13-15-23/h2,4-5,8-9,12-15,19,22H,3,6-7,10-11,16-18H2,1H3,(H,27,30). The van der Waals surface area contributed by atoms with Gasteiger partial charge in [0.1, 0.15) is 6.04 Å². The van der Waals surface area contributed by atoms with Crippen molar-refractivity contribution < 1.29 is 9.59 Å². The molecule has 1 N–H and O–H groups in total. The fraction of sp³-hybridized carbons (Fsp3) is 0.440. The second-order valence-corrected chi connectivity index (χ2v) is 9.57. The Labute approximate surface area is 194 Å².